The maximum Gasteiger partial charge on any atom is 0.199 e. The van der Waals surface area contributed by atoms with E-state index in [1.54, 1.807) is 55.6 Å². The Morgan fingerprint density at radius 2 is 2.04 bits per heavy atom. The zero-order chi connectivity index (χ0) is 17.0. The standard InChI is InChI=1S/C16H18ClN3O2S/c1-20(11-5-4-6-13(9-11)23(3)21)16(18)19-15-10-12(22-2)7-8-14(15)17/h4-10H,1-3H3,(H2,18,19). The van der Waals surface area contributed by atoms with Crippen LogP contribution < -0.4 is 15.0 Å². The van der Waals surface area contributed by atoms with E-state index >= 15 is 0 Å². The fourth-order valence-electron chi connectivity index (χ4n) is 1.94. The van der Waals surface area contributed by atoms with Gasteiger partial charge in [-0.05, 0) is 35.4 Å². The number of nitrogens with one attached hydrogen (secondary N) is 2. The number of hydrogen-bond acceptors (Lipinski definition) is 3. The Balaban J connectivity index is 2.19. The van der Waals surface area contributed by atoms with Crippen molar-refractivity contribution < 1.29 is 9.29 Å². The lowest BCUT2D eigenvalue weighted by Crippen LogP contribution is -2.32. The van der Waals surface area contributed by atoms with E-state index in [-0.39, 0.29) is 5.96 Å². The molecule has 0 saturated heterocycles. The summed E-state index contributed by atoms with van der Waals surface area (Å²) in [5.41, 5.74) is 1.34. The first-order valence-electron chi connectivity index (χ1n) is 6.78. The number of ether oxygens (including phenoxy) is 1. The molecule has 23 heavy (non-hydrogen) atoms. The highest BCUT2D eigenvalue weighted by Crippen LogP contribution is 2.27. The second-order valence-electron chi connectivity index (χ2n) is 4.83. The third-order valence-corrected chi connectivity index (χ3v) is 4.55. The minimum absolute atomic E-state index is 0.138. The molecule has 0 aliphatic heterocycles. The van der Waals surface area contributed by atoms with Gasteiger partial charge in [0.2, 0.25) is 0 Å². The van der Waals surface area contributed by atoms with Gasteiger partial charge in [-0.1, -0.05) is 17.7 Å². The normalized spacial score (nSPS) is 11.7. The largest absolute Gasteiger partial charge is 0.612 e. The minimum atomic E-state index is -1.07. The first kappa shape index (κ1) is 17.5. The predicted molar refractivity (Wildman–Crippen MR) is 96.5 cm³/mol. The third-order valence-electron chi connectivity index (χ3n) is 3.30. The molecule has 1 atom stereocenters. The summed E-state index contributed by atoms with van der Waals surface area (Å²) in [5.74, 6) is 0.787. The summed E-state index contributed by atoms with van der Waals surface area (Å²) in [5, 5.41) is 11.7. The lowest BCUT2D eigenvalue weighted by Gasteiger charge is -2.22. The molecule has 5 nitrogen and oxygen atoms in total. The fraction of sp³-hybridized carbons (Fsp3) is 0.188. The van der Waals surface area contributed by atoms with Gasteiger partial charge >= 0.3 is 0 Å². The predicted octanol–water partition coefficient (Wildman–Crippen LogP) is 3.57. The first-order valence-corrected chi connectivity index (χ1v) is 8.72. The molecule has 0 radical (unpaired) electrons. The number of guanidine groups is 1. The van der Waals surface area contributed by atoms with Gasteiger partial charge in [-0.3, -0.25) is 5.41 Å². The Bertz CT molecular complexity index is 709. The van der Waals surface area contributed by atoms with E-state index in [2.05, 4.69) is 5.32 Å². The molecule has 0 bridgehead atoms. The average Bonchev–Trinajstić information content (AvgIpc) is 2.56. The number of methoxy groups -OCH3 is 1. The van der Waals surface area contributed by atoms with Crippen LogP contribution in [-0.2, 0) is 11.2 Å². The Morgan fingerprint density at radius 3 is 2.70 bits per heavy atom. The van der Waals surface area contributed by atoms with Crippen LogP contribution in [0.3, 0.4) is 0 Å². The van der Waals surface area contributed by atoms with Crippen molar-refractivity contribution in [3.8, 4) is 5.75 Å². The first-order chi connectivity index (χ1) is 10.9. The van der Waals surface area contributed by atoms with E-state index in [4.69, 9.17) is 21.7 Å². The summed E-state index contributed by atoms with van der Waals surface area (Å²) in [4.78, 5) is 2.35. The molecule has 0 amide bonds. The maximum atomic E-state index is 11.6. The van der Waals surface area contributed by atoms with Gasteiger partial charge in [0.15, 0.2) is 10.9 Å². The molecule has 0 aliphatic rings. The highest BCUT2D eigenvalue weighted by atomic mass is 35.5. The highest BCUT2D eigenvalue weighted by Gasteiger charge is 2.13. The molecule has 0 spiro atoms. The summed E-state index contributed by atoms with van der Waals surface area (Å²) in [6.45, 7) is 0. The van der Waals surface area contributed by atoms with Crippen molar-refractivity contribution in [2.75, 3.05) is 30.6 Å². The summed E-state index contributed by atoms with van der Waals surface area (Å²) < 4.78 is 16.8. The molecule has 2 N–H and O–H groups in total. The number of rotatable bonds is 4. The van der Waals surface area contributed by atoms with Crippen LogP contribution in [-0.4, -0.2) is 30.9 Å². The quantitative estimate of drug-likeness (QED) is 0.502. The van der Waals surface area contributed by atoms with E-state index in [0.29, 0.717) is 21.4 Å². The Hall–Kier alpha value is -1.89. The van der Waals surface area contributed by atoms with Crippen molar-refractivity contribution in [3.63, 3.8) is 0 Å². The molecule has 2 aromatic carbocycles. The Labute approximate surface area is 143 Å². The second-order valence-corrected chi connectivity index (χ2v) is 6.62. The molecular weight excluding hydrogens is 334 g/mol. The van der Waals surface area contributed by atoms with Crippen molar-refractivity contribution in [2.24, 2.45) is 0 Å². The van der Waals surface area contributed by atoms with Crippen molar-refractivity contribution in [1.82, 2.24) is 0 Å². The van der Waals surface area contributed by atoms with Gasteiger partial charge in [0.25, 0.3) is 0 Å². The molecule has 0 aliphatic carbocycles. The monoisotopic (exact) mass is 351 g/mol. The van der Waals surface area contributed by atoms with Gasteiger partial charge in [0.05, 0.1) is 17.8 Å². The molecule has 7 heteroatoms. The lowest BCUT2D eigenvalue weighted by atomic mass is 10.3. The molecule has 0 fully saturated rings. The van der Waals surface area contributed by atoms with Gasteiger partial charge in [-0.2, -0.15) is 0 Å². The summed E-state index contributed by atoms with van der Waals surface area (Å²) >= 11 is 5.07. The SMILES string of the molecule is COc1ccc(Cl)c(NC(=N)N(C)c2cccc([S+](C)[O-])c2)c1. The van der Waals surface area contributed by atoms with E-state index in [1.807, 2.05) is 12.1 Å². The van der Waals surface area contributed by atoms with Gasteiger partial charge in [-0.25, -0.2) is 0 Å². The molecule has 2 aromatic rings. The lowest BCUT2D eigenvalue weighted by molar-refractivity contribution is 0.415. The topological polar surface area (TPSA) is 71.4 Å². The number of halogens is 1. The van der Waals surface area contributed by atoms with Crippen molar-refractivity contribution in [2.45, 2.75) is 4.90 Å². The minimum Gasteiger partial charge on any atom is -0.612 e. The van der Waals surface area contributed by atoms with E-state index in [1.165, 1.54) is 0 Å². The van der Waals surface area contributed by atoms with Crippen LogP contribution in [0, 0.1) is 5.41 Å². The molecule has 0 aromatic heterocycles. The van der Waals surface area contributed by atoms with Crippen molar-refractivity contribution >= 4 is 40.1 Å². The molecular formula is C16H18ClN3O2S. The maximum absolute atomic E-state index is 11.6. The Kier molecular flexibility index (Phi) is 5.76. The highest BCUT2D eigenvalue weighted by molar-refractivity contribution is 7.90. The van der Waals surface area contributed by atoms with Crippen LogP contribution in [0.15, 0.2) is 47.4 Å². The van der Waals surface area contributed by atoms with Crippen LogP contribution in [0.25, 0.3) is 0 Å². The van der Waals surface area contributed by atoms with Gasteiger partial charge in [0.1, 0.15) is 12.0 Å². The van der Waals surface area contributed by atoms with Crippen molar-refractivity contribution in [1.29, 1.82) is 5.41 Å². The van der Waals surface area contributed by atoms with E-state index in [9.17, 15) is 4.55 Å². The molecule has 0 heterocycles. The molecule has 122 valence electrons. The van der Waals surface area contributed by atoms with Crippen LogP contribution in [0.4, 0.5) is 11.4 Å². The molecule has 1 unspecified atom stereocenters. The van der Waals surface area contributed by atoms with Crippen LogP contribution in [0.1, 0.15) is 0 Å². The average molecular weight is 352 g/mol. The number of hydrogen-bond donors (Lipinski definition) is 2. The van der Waals surface area contributed by atoms with Crippen LogP contribution in [0.2, 0.25) is 5.02 Å². The Morgan fingerprint density at radius 1 is 1.30 bits per heavy atom. The van der Waals surface area contributed by atoms with Crippen LogP contribution in [0.5, 0.6) is 5.75 Å². The number of benzene rings is 2. The number of nitrogens with zero attached hydrogens (tertiary/aromatic N) is 1. The zero-order valence-corrected chi connectivity index (χ0v) is 14.7. The smallest absolute Gasteiger partial charge is 0.199 e. The van der Waals surface area contributed by atoms with E-state index in [0.717, 1.165) is 5.69 Å². The number of anilines is 2. The summed E-state index contributed by atoms with van der Waals surface area (Å²) in [6, 6.07) is 12.4. The van der Waals surface area contributed by atoms with E-state index < -0.39 is 11.2 Å². The van der Waals surface area contributed by atoms with Gasteiger partial charge in [-0.15, -0.1) is 0 Å². The summed E-state index contributed by atoms with van der Waals surface area (Å²) in [7, 11) is 3.32. The van der Waals surface area contributed by atoms with Gasteiger partial charge < -0.3 is 19.5 Å². The fourth-order valence-corrected chi connectivity index (χ4v) is 2.66. The molecule has 2 rings (SSSR count). The molecule has 0 saturated carbocycles. The third kappa shape index (κ3) is 4.31. The second kappa shape index (κ2) is 7.59. The van der Waals surface area contributed by atoms with Crippen LogP contribution >= 0.6 is 11.6 Å². The summed E-state index contributed by atoms with van der Waals surface area (Å²) in [6.07, 6.45) is 1.62. The zero-order valence-electron chi connectivity index (χ0n) is 13.1. The van der Waals surface area contributed by atoms with Crippen molar-refractivity contribution in [3.05, 3.63) is 47.5 Å². The van der Waals surface area contributed by atoms with Gasteiger partial charge in [0, 0.05) is 24.9 Å².